The van der Waals surface area contributed by atoms with Crippen LogP contribution in [0.25, 0.3) is 11.0 Å². The number of aromatic nitrogens is 2. The van der Waals surface area contributed by atoms with Crippen molar-refractivity contribution in [3.63, 3.8) is 0 Å². The summed E-state index contributed by atoms with van der Waals surface area (Å²) in [6.45, 7) is 3.34. The fourth-order valence-corrected chi connectivity index (χ4v) is 2.69. The van der Waals surface area contributed by atoms with Gasteiger partial charge in [0.05, 0.1) is 11.0 Å². The summed E-state index contributed by atoms with van der Waals surface area (Å²) in [6.07, 6.45) is 1.89. The predicted octanol–water partition coefficient (Wildman–Crippen LogP) is 1.25. The van der Waals surface area contributed by atoms with Gasteiger partial charge in [0.25, 0.3) is 0 Å². The first-order valence-electron chi connectivity index (χ1n) is 6.89. The SMILES string of the molecule is CC(=O)NC1CCN(c2nc3ccc(N)cc3[nH]2)CC1. The molecule has 6 heteroatoms. The minimum absolute atomic E-state index is 0.0441. The topological polar surface area (TPSA) is 87.0 Å². The molecule has 1 fully saturated rings. The van der Waals surface area contributed by atoms with Crippen molar-refractivity contribution >= 4 is 28.6 Å². The molecule has 4 N–H and O–H groups in total. The number of carbonyl (C=O) groups excluding carboxylic acids is 1. The number of nitrogens with zero attached hydrogens (tertiary/aromatic N) is 2. The highest BCUT2D eigenvalue weighted by atomic mass is 16.1. The smallest absolute Gasteiger partial charge is 0.217 e. The minimum Gasteiger partial charge on any atom is -0.399 e. The highest BCUT2D eigenvalue weighted by Gasteiger charge is 2.21. The van der Waals surface area contributed by atoms with Crippen LogP contribution in [-0.4, -0.2) is 35.0 Å². The number of carbonyl (C=O) groups is 1. The number of fused-ring (bicyclic) bond motifs is 1. The maximum Gasteiger partial charge on any atom is 0.217 e. The molecule has 6 nitrogen and oxygen atoms in total. The van der Waals surface area contributed by atoms with Crippen LogP contribution in [-0.2, 0) is 4.79 Å². The second-order valence-corrected chi connectivity index (χ2v) is 5.30. The summed E-state index contributed by atoms with van der Waals surface area (Å²) in [5.41, 5.74) is 8.40. The first kappa shape index (κ1) is 12.8. The number of nitrogen functional groups attached to an aromatic ring is 1. The molecular weight excluding hydrogens is 254 g/mol. The van der Waals surface area contributed by atoms with Crippen LogP contribution in [0.5, 0.6) is 0 Å². The van der Waals surface area contributed by atoms with Crippen molar-refractivity contribution in [2.45, 2.75) is 25.8 Å². The molecule has 20 heavy (non-hydrogen) atoms. The zero-order valence-corrected chi connectivity index (χ0v) is 11.5. The van der Waals surface area contributed by atoms with Crippen molar-refractivity contribution in [2.75, 3.05) is 23.7 Å². The summed E-state index contributed by atoms with van der Waals surface area (Å²) < 4.78 is 0. The van der Waals surface area contributed by atoms with Crippen molar-refractivity contribution < 1.29 is 4.79 Å². The van der Waals surface area contributed by atoms with E-state index in [1.165, 1.54) is 0 Å². The first-order valence-corrected chi connectivity index (χ1v) is 6.89. The summed E-state index contributed by atoms with van der Waals surface area (Å²) in [5.74, 6) is 0.925. The zero-order chi connectivity index (χ0) is 14.1. The maximum absolute atomic E-state index is 11.1. The van der Waals surface area contributed by atoms with Crippen molar-refractivity contribution in [3.8, 4) is 0 Å². The number of rotatable bonds is 2. The number of amides is 1. The quantitative estimate of drug-likeness (QED) is 0.719. The number of anilines is 2. The van der Waals surface area contributed by atoms with E-state index in [4.69, 9.17) is 5.73 Å². The van der Waals surface area contributed by atoms with Gasteiger partial charge in [0.1, 0.15) is 0 Å². The van der Waals surface area contributed by atoms with E-state index in [-0.39, 0.29) is 11.9 Å². The Bertz CT molecular complexity index is 628. The Kier molecular flexibility index (Phi) is 3.22. The largest absolute Gasteiger partial charge is 0.399 e. The number of benzene rings is 1. The highest BCUT2D eigenvalue weighted by molar-refractivity contribution is 5.81. The lowest BCUT2D eigenvalue weighted by Gasteiger charge is -2.31. The van der Waals surface area contributed by atoms with Gasteiger partial charge in [-0.2, -0.15) is 0 Å². The molecule has 3 rings (SSSR count). The molecule has 1 amide bonds. The van der Waals surface area contributed by atoms with Gasteiger partial charge in [-0.25, -0.2) is 4.98 Å². The Morgan fingerprint density at radius 3 is 2.90 bits per heavy atom. The van der Waals surface area contributed by atoms with E-state index in [1.807, 2.05) is 18.2 Å². The minimum atomic E-state index is 0.0441. The molecule has 0 spiro atoms. The van der Waals surface area contributed by atoms with Gasteiger partial charge >= 0.3 is 0 Å². The lowest BCUT2D eigenvalue weighted by atomic mass is 10.1. The van der Waals surface area contributed by atoms with Gasteiger partial charge in [0.2, 0.25) is 11.9 Å². The Balaban J connectivity index is 1.71. The molecule has 0 bridgehead atoms. The van der Waals surface area contributed by atoms with Gasteiger partial charge in [0.15, 0.2) is 0 Å². The van der Waals surface area contributed by atoms with Gasteiger partial charge < -0.3 is 20.9 Å². The number of imidazole rings is 1. The summed E-state index contributed by atoms with van der Waals surface area (Å²) in [6, 6.07) is 5.96. The Morgan fingerprint density at radius 1 is 1.45 bits per heavy atom. The van der Waals surface area contributed by atoms with Crippen LogP contribution >= 0.6 is 0 Å². The molecule has 0 atom stereocenters. The first-order chi connectivity index (χ1) is 9.61. The third-order valence-electron chi connectivity index (χ3n) is 3.70. The molecule has 1 saturated heterocycles. The molecular formula is C14H19N5O. The van der Waals surface area contributed by atoms with Crippen LogP contribution in [0.4, 0.5) is 11.6 Å². The number of H-pyrrole nitrogens is 1. The summed E-state index contributed by atoms with van der Waals surface area (Å²) in [4.78, 5) is 21.2. The molecule has 0 unspecified atom stereocenters. The van der Waals surface area contributed by atoms with Gasteiger partial charge in [-0.15, -0.1) is 0 Å². The summed E-state index contributed by atoms with van der Waals surface area (Å²) >= 11 is 0. The maximum atomic E-state index is 11.1. The van der Waals surface area contributed by atoms with E-state index in [0.29, 0.717) is 0 Å². The van der Waals surface area contributed by atoms with E-state index >= 15 is 0 Å². The Morgan fingerprint density at radius 2 is 2.20 bits per heavy atom. The van der Waals surface area contributed by atoms with Crippen LogP contribution in [0.2, 0.25) is 0 Å². The van der Waals surface area contributed by atoms with Crippen molar-refractivity contribution in [3.05, 3.63) is 18.2 Å². The Hall–Kier alpha value is -2.24. The standard InChI is InChI=1S/C14H19N5O/c1-9(20)16-11-4-6-19(7-5-11)14-17-12-3-2-10(15)8-13(12)18-14/h2-3,8,11H,4-7,15H2,1H3,(H,16,20)(H,17,18). The molecule has 106 valence electrons. The van der Waals surface area contributed by atoms with E-state index in [2.05, 4.69) is 20.2 Å². The second kappa shape index (κ2) is 5.03. The van der Waals surface area contributed by atoms with E-state index in [9.17, 15) is 4.79 Å². The number of piperidine rings is 1. The average Bonchev–Trinajstić information content (AvgIpc) is 2.81. The molecule has 1 aliphatic rings. The monoisotopic (exact) mass is 273 g/mol. The summed E-state index contributed by atoms with van der Waals surface area (Å²) in [5, 5.41) is 2.98. The lowest BCUT2D eigenvalue weighted by molar-refractivity contribution is -0.119. The molecule has 0 aliphatic carbocycles. The molecule has 0 saturated carbocycles. The number of hydrogen-bond acceptors (Lipinski definition) is 4. The lowest BCUT2D eigenvalue weighted by Crippen LogP contribution is -2.44. The van der Waals surface area contributed by atoms with Crippen molar-refractivity contribution in [1.82, 2.24) is 15.3 Å². The third-order valence-corrected chi connectivity index (χ3v) is 3.70. The van der Waals surface area contributed by atoms with Gasteiger partial charge in [0, 0.05) is 31.7 Å². The van der Waals surface area contributed by atoms with Gasteiger partial charge in [-0.05, 0) is 31.0 Å². The van der Waals surface area contributed by atoms with Gasteiger partial charge in [-0.3, -0.25) is 4.79 Å². The van der Waals surface area contributed by atoms with Crippen LogP contribution in [0.15, 0.2) is 18.2 Å². The zero-order valence-electron chi connectivity index (χ0n) is 11.5. The fraction of sp³-hybridized carbons (Fsp3) is 0.429. The van der Waals surface area contributed by atoms with E-state index in [0.717, 1.165) is 48.6 Å². The molecule has 1 aliphatic heterocycles. The molecule has 1 aromatic carbocycles. The van der Waals surface area contributed by atoms with Crippen LogP contribution < -0.4 is 16.0 Å². The number of nitrogens with two attached hydrogens (primary N) is 1. The second-order valence-electron chi connectivity index (χ2n) is 5.30. The Labute approximate surface area is 117 Å². The van der Waals surface area contributed by atoms with E-state index < -0.39 is 0 Å². The highest BCUT2D eigenvalue weighted by Crippen LogP contribution is 2.22. The van der Waals surface area contributed by atoms with Crippen LogP contribution in [0.3, 0.4) is 0 Å². The molecule has 1 aromatic heterocycles. The average molecular weight is 273 g/mol. The predicted molar refractivity (Wildman–Crippen MR) is 79.6 cm³/mol. The van der Waals surface area contributed by atoms with Crippen LogP contribution in [0.1, 0.15) is 19.8 Å². The van der Waals surface area contributed by atoms with Crippen molar-refractivity contribution in [1.29, 1.82) is 0 Å². The molecule has 0 radical (unpaired) electrons. The third kappa shape index (κ3) is 2.54. The molecule has 2 aromatic rings. The van der Waals surface area contributed by atoms with Crippen molar-refractivity contribution in [2.24, 2.45) is 0 Å². The molecule has 2 heterocycles. The van der Waals surface area contributed by atoms with Gasteiger partial charge in [-0.1, -0.05) is 0 Å². The number of nitrogens with one attached hydrogen (secondary N) is 2. The van der Waals surface area contributed by atoms with Crippen LogP contribution in [0, 0.1) is 0 Å². The number of aromatic amines is 1. The fourth-order valence-electron chi connectivity index (χ4n) is 2.69. The number of hydrogen-bond donors (Lipinski definition) is 3. The normalized spacial score (nSPS) is 16.6. The van der Waals surface area contributed by atoms with E-state index in [1.54, 1.807) is 6.92 Å². The summed E-state index contributed by atoms with van der Waals surface area (Å²) in [7, 11) is 0.